The van der Waals surface area contributed by atoms with Crippen molar-refractivity contribution in [1.29, 1.82) is 0 Å². The van der Waals surface area contributed by atoms with Crippen LogP contribution in [0.3, 0.4) is 0 Å². The average molecular weight is 360 g/mol. The standard InChI is InChI=1S/C16H11BrFN3O/c1-10-3-2-4-11(7-10)15-20-21-16(22-15)19-9-12-5-6-13(17)8-14(12)18/h2-9H,1H3/b19-9+. The van der Waals surface area contributed by atoms with E-state index in [0.29, 0.717) is 15.9 Å². The first-order chi connectivity index (χ1) is 10.6. The molecule has 0 atom stereocenters. The van der Waals surface area contributed by atoms with Crippen molar-refractivity contribution in [1.82, 2.24) is 10.2 Å². The molecule has 0 saturated heterocycles. The second-order valence-electron chi connectivity index (χ2n) is 4.68. The van der Waals surface area contributed by atoms with E-state index in [2.05, 4.69) is 31.1 Å². The normalized spacial score (nSPS) is 11.2. The van der Waals surface area contributed by atoms with E-state index in [-0.39, 0.29) is 11.8 Å². The Morgan fingerprint density at radius 1 is 1.18 bits per heavy atom. The molecule has 0 amide bonds. The van der Waals surface area contributed by atoms with Crippen molar-refractivity contribution < 1.29 is 8.81 Å². The first-order valence-corrected chi connectivity index (χ1v) is 7.31. The summed E-state index contributed by atoms with van der Waals surface area (Å²) in [5, 5.41) is 7.78. The molecule has 0 aliphatic rings. The number of rotatable bonds is 3. The van der Waals surface area contributed by atoms with Gasteiger partial charge in [-0.25, -0.2) is 9.38 Å². The largest absolute Gasteiger partial charge is 0.402 e. The van der Waals surface area contributed by atoms with Crippen LogP contribution in [0.1, 0.15) is 11.1 Å². The third kappa shape index (κ3) is 3.28. The molecule has 0 fully saturated rings. The van der Waals surface area contributed by atoms with Crippen molar-refractivity contribution in [2.45, 2.75) is 6.92 Å². The number of hydrogen-bond acceptors (Lipinski definition) is 4. The van der Waals surface area contributed by atoms with Gasteiger partial charge >= 0.3 is 6.01 Å². The van der Waals surface area contributed by atoms with Gasteiger partial charge in [0.05, 0.1) is 0 Å². The minimum absolute atomic E-state index is 0.0822. The van der Waals surface area contributed by atoms with Crippen LogP contribution in [-0.2, 0) is 0 Å². The predicted molar refractivity (Wildman–Crippen MR) is 85.8 cm³/mol. The van der Waals surface area contributed by atoms with Gasteiger partial charge in [0.2, 0.25) is 5.89 Å². The van der Waals surface area contributed by atoms with Crippen molar-refractivity contribution >= 4 is 28.2 Å². The zero-order valence-corrected chi connectivity index (χ0v) is 13.2. The summed E-state index contributed by atoms with van der Waals surface area (Å²) in [4.78, 5) is 4.01. The van der Waals surface area contributed by atoms with E-state index in [9.17, 15) is 4.39 Å². The van der Waals surface area contributed by atoms with E-state index < -0.39 is 0 Å². The molecule has 0 aliphatic heterocycles. The minimum atomic E-state index is -0.378. The van der Waals surface area contributed by atoms with Crippen molar-refractivity contribution in [2.75, 3.05) is 0 Å². The topological polar surface area (TPSA) is 51.3 Å². The highest BCUT2D eigenvalue weighted by molar-refractivity contribution is 9.10. The lowest BCUT2D eigenvalue weighted by molar-refractivity contribution is 0.580. The molecule has 0 saturated carbocycles. The number of aromatic nitrogens is 2. The maximum Gasteiger partial charge on any atom is 0.342 e. The summed E-state index contributed by atoms with van der Waals surface area (Å²) >= 11 is 3.20. The number of aryl methyl sites for hydroxylation is 1. The monoisotopic (exact) mass is 359 g/mol. The van der Waals surface area contributed by atoms with Crippen LogP contribution in [0.15, 0.2) is 56.3 Å². The summed E-state index contributed by atoms with van der Waals surface area (Å²) in [5.74, 6) is 0.00340. The van der Waals surface area contributed by atoms with E-state index in [1.807, 2.05) is 31.2 Å². The summed E-state index contributed by atoms with van der Waals surface area (Å²) in [6, 6.07) is 12.5. The Labute approximate surface area is 134 Å². The molecule has 1 heterocycles. The van der Waals surface area contributed by atoms with Gasteiger partial charge in [-0.15, -0.1) is 5.10 Å². The molecular weight excluding hydrogens is 349 g/mol. The van der Waals surface area contributed by atoms with Gasteiger partial charge < -0.3 is 4.42 Å². The highest BCUT2D eigenvalue weighted by atomic mass is 79.9. The van der Waals surface area contributed by atoms with Gasteiger partial charge in [0, 0.05) is 21.8 Å². The first kappa shape index (κ1) is 14.6. The van der Waals surface area contributed by atoms with Gasteiger partial charge in [-0.3, -0.25) is 0 Å². The summed E-state index contributed by atoms with van der Waals surface area (Å²) in [5.41, 5.74) is 2.26. The van der Waals surface area contributed by atoms with Gasteiger partial charge in [-0.05, 0) is 37.3 Å². The minimum Gasteiger partial charge on any atom is -0.402 e. The van der Waals surface area contributed by atoms with Crippen LogP contribution < -0.4 is 0 Å². The molecule has 4 nitrogen and oxygen atoms in total. The molecule has 6 heteroatoms. The molecule has 0 aliphatic carbocycles. The van der Waals surface area contributed by atoms with Crippen LogP contribution in [0.4, 0.5) is 10.4 Å². The quantitative estimate of drug-likeness (QED) is 0.637. The summed E-state index contributed by atoms with van der Waals surface area (Å²) in [7, 11) is 0. The van der Waals surface area contributed by atoms with Crippen LogP contribution in [0.2, 0.25) is 0 Å². The van der Waals surface area contributed by atoms with Crippen molar-refractivity contribution in [3.8, 4) is 11.5 Å². The molecule has 0 spiro atoms. The molecule has 0 bridgehead atoms. The highest BCUT2D eigenvalue weighted by Crippen LogP contribution is 2.22. The maximum absolute atomic E-state index is 13.7. The summed E-state index contributed by atoms with van der Waals surface area (Å²) < 4.78 is 19.8. The molecule has 1 aromatic heterocycles. The Balaban J connectivity index is 1.83. The van der Waals surface area contributed by atoms with E-state index in [1.165, 1.54) is 12.3 Å². The van der Waals surface area contributed by atoms with E-state index in [0.717, 1.165) is 11.1 Å². The molecule has 0 radical (unpaired) electrons. The molecule has 0 N–H and O–H groups in total. The number of nitrogens with zero attached hydrogens (tertiary/aromatic N) is 3. The summed E-state index contributed by atoms with van der Waals surface area (Å²) in [6.07, 6.45) is 1.36. The molecule has 3 rings (SSSR count). The smallest absolute Gasteiger partial charge is 0.342 e. The van der Waals surface area contributed by atoms with Gasteiger partial charge in [-0.2, -0.15) is 0 Å². The Morgan fingerprint density at radius 2 is 2.05 bits per heavy atom. The molecule has 22 heavy (non-hydrogen) atoms. The summed E-state index contributed by atoms with van der Waals surface area (Å²) in [6.45, 7) is 1.98. The molecule has 3 aromatic rings. The molecular formula is C16H11BrFN3O. The molecule has 0 unspecified atom stereocenters. The van der Waals surface area contributed by atoms with Gasteiger partial charge in [-0.1, -0.05) is 38.7 Å². The number of aliphatic imine (C=N–C) groups is 1. The zero-order chi connectivity index (χ0) is 15.5. The number of halogens is 2. The SMILES string of the molecule is Cc1cccc(-c2nnc(/N=C/c3ccc(Br)cc3F)o2)c1. The Morgan fingerprint density at radius 3 is 2.82 bits per heavy atom. The van der Waals surface area contributed by atoms with E-state index in [1.54, 1.807) is 12.1 Å². The van der Waals surface area contributed by atoms with Crippen LogP contribution in [-0.4, -0.2) is 16.4 Å². The van der Waals surface area contributed by atoms with Crippen LogP contribution in [0.25, 0.3) is 11.5 Å². The fourth-order valence-electron chi connectivity index (χ4n) is 1.89. The van der Waals surface area contributed by atoms with Crippen molar-refractivity contribution in [3.63, 3.8) is 0 Å². The fourth-order valence-corrected chi connectivity index (χ4v) is 2.23. The van der Waals surface area contributed by atoms with Crippen LogP contribution >= 0.6 is 15.9 Å². The Hall–Kier alpha value is -2.34. The van der Waals surface area contributed by atoms with Crippen molar-refractivity contribution in [3.05, 3.63) is 63.9 Å². The Kier molecular flexibility index (Phi) is 4.11. The number of benzene rings is 2. The molecule has 2 aromatic carbocycles. The second-order valence-corrected chi connectivity index (χ2v) is 5.60. The third-order valence-corrected chi connectivity index (χ3v) is 3.45. The van der Waals surface area contributed by atoms with Gasteiger partial charge in [0.15, 0.2) is 0 Å². The lowest BCUT2D eigenvalue weighted by Gasteiger charge is -1.96. The second kappa shape index (κ2) is 6.19. The third-order valence-electron chi connectivity index (χ3n) is 2.96. The highest BCUT2D eigenvalue weighted by Gasteiger charge is 2.07. The van der Waals surface area contributed by atoms with Crippen molar-refractivity contribution in [2.24, 2.45) is 4.99 Å². The van der Waals surface area contributed by atoms with Crippen LogP contribution in [0.5, 0.6) is 0 Å². The van der Waals surface area contributed by atoms with Gasteiger partial charge in [0.1, 0.15) is 5.82 Å². The van der Waals surface area contributed by atoms with E-state index >= 15 is 0 Å². The zero-order valence-electron chi connectivity index (χ0n) is 11.6. The fraction of sp³-hybridized carbons (Fsp3) is 0.0625. The number of hydrogen-bond donors (Lipinski definition) is 0. The average Bonchev–Trinajstić information content (AvgIpc) is 2.95. The first-order valence-electron chi connectivity index (χ1n) is 6.51. The van der Waals surface area contributed by atoms with E-state index in [4.69, 9.17) is 4.42 Å². The van der Waals surface area contributed by atoms with Crippen LogP contribution in [0, 0.1) is 12.7 Å². The lowest BCUT2D eigenvalue weighted by atomic mass is 10.1. The predicted octanol–water partition coefficient (Wildman–Crippen LogP) is 4.70. The lowest BCUT2D eigenvalue weighted by Crippen LogP contribution is -1.87. The van der Waals surface area contributed by atoms with Gasteiger partial charge in [0.25, 0.3) is 0 Å². The molecule has 110 valence electrons. The maximum atomic E-state index is 13.7. The Bertz CT molecular complexity index is 845.